The van der Waals surface area contributed by atoms with E-state index in [2.05, 4.69) is 6.07 Å². The van der Waals surface area contributed by atoms with Gasteiger partial charge in [-0.1, -0.05) is 103 Å². The van der Waals surface area contributed by atoms with Crippen LogP contribution in [0.5, 0.6) is 0 Å². The molecule has 0 bridgehead atoms. The van der Waals surface area contributed by atoms with Gasteiger partial charge in [0.05, 0.1) is 42.8 Å². The zero-order valence-electron chi connectivity index (χ0n) is 30.0. The first-order chi connectivity index (χ1) is 28.2. The number of benzene rings is 8. The average Bonchev–Trinajstić information content (AvgIpc) is 3.97. The second-order valence-electron chi connectivity index (χ2n) is 14.6. The molecule has 0 radical (unpaired) electrons. The minimum atomic E-state index is -4.95. The van der Waals surface area contributed by atoms with E-state index in [0.29, 0.717) is 22.1 Å². The number of hydrogen-bond donors (Lipinski definition) is 0. The Balaban J connectivity index is 1.33. The molecule has 0 saturated carbocycles. The minimum Gasteiger partial charge on any atom is -0.307 e. The van der Waals surface area contributed by atoms with Gasteiger partial charge < -0.3 is 9.13 Å². The molecule has 0 N–H and O–H groups in total. The van der Waals surface area contributed by atoms with Crippen LogP contribution >= 0.6 is 22.7 Å². The van der Waals surface area contributed by atoms with E-state index in [1.807, 2.05) is 115 Å². The molecule has 0 saturated heterocycles. The molecule has 278 valence electrons. The topological polar surface area (TPSA) is 9.86 Å². The Morgan fingerprint density at radius 3 is 1.45 bits per heavy atom. The maximum absolute atomic E-state index is 16.7. The molecule has 0 aliphatic carbocycles. The normalized spacial score (nSPS) is 12.6. The lowest BCUT2D eigenvalue weighted by atomic mass is 9.96. The molecule has 0 atom stereocenters. The largest absolute Gasteiger partial charge is 0.420 e. The van der Waals surface area contributed by atoms with Gasteiger partial charge in [0, 0.05) is 64.1 Å². The molecule has 0 unspecified atom stereocenters. The van der Waals surface area contributed by atoms with Crippen LogP contribution in [0.2, 0.25) is 0 Å². The third kappa shape index (κ3) is 4.62. The predicted molar refractivity (Wildman–Crippen MR) is 231 cm³/mol. The van der Waals surface area contributed by atoms with Crippen molar-refractivity contribution in [3.05, 3.63) is 169 Å². The summed E-state index contributed by atoms with van der Waals surface area (Å²) in [6, 6.07) is 44.9. The summed E-state index contributed by atoms with van der Waals surface area (Å²) in [6.07, 6.45) is -4.95. The van der Waals surface area contributed by atoms with Gasteiger partial charge in [0.25, 0.3) is 0 Å². The highest BCUT2D eigenvalue weighted by molar-refractivity contribution is 7.27. The lowest BCUT2D eigenvalue weighted by Gasteiger charge is -2.24. The van der Waals surface area contributed by atoms with Crippen molar-refractivity contribution in [1.29, 1.82) is 0 Å². The van der Waals surface area contributed by atoms with Crippen molar-refractivity contribution in [3.8, 4) is 22.5 Å². The summed E-state index contributed by atoms with van der Waals surface area (Å²) < 4.78 is 87.7. The van der Waals surface area contributed by atoms with Gasteiger partial charge in [-0.05, 0) is 48.0 Å². The standard InChI is InChI=1S/C49H25F5N2S2/c50-27-23-26(24-28(51)25-27)29-21-22-40(55-38-13-5-1-9-30(38)34-17-19-36-32-11-3-7-15-41(32)57-47(36)45(34)55)43(49(52,53)54)44(29)56-39-14-6-2-10-31(39)35-18-20-37-33-12-4-8-16-42(33)58-48(37)46(35)56/h1-25H. The minimum absolute atomic E-state index is 0.00637. The Morgan fingerprint density at radius 1 is 0.431 bits per heavy atom. The van der Waals surface area contributed by atoms with E-state index < -0.39 is 23.4 Å². The number of alkyl halides is 3. The maximum atomic E-state index is 16.7. The molecular weight excluding hydrogens is 776 g/mol. The van der Waals surface area contributed by atoms with Gasteiger partial charge in [0.15, 0.2) is 0 Å². The molecule has 4 aromatic heterocycles. The highest BCUT2D eigenvalue weighted by Crippen LogP contribution is 2.51. The zero-order chi connectivity index (χ0) is 39.0. The van der Waals surface area contributed by atoms with E-state index in [4.69, 9.17) is 0 Å². The summed E-state index contributed by atoms with van der Waals surface area (Å²) in [5, 5.41) is 7.05. The summed E-state index contributed by atoms with van der Waals surface area (Å²) in [6.45, 7) is 0. The first kappa shape index (κ1) is 33.6. The van der Waals surface area contributed by atoms with E-state index in [9.17, 15) is 0 Å². The molecule has 12 aromatic rings. The fourth-order valence-electron chi connectivity index (χ4n) is 9.17. The fraction of sp³-hybridized carbons (Fsp3) is 0.0204. The lowest BCUT2D eigenvalue weighted by molar-refractivity contribution is -0.137. The highest BCUT2D eigenvalue weighted by Gasteiger charge is 2.41. The Bertz CT molecular complexity index is 3690. The fourth-order valence-corrected chi connectivity index (χ4v) is 11.6. The first-order valence-corrected chi connectivity index (χ1v) is 20.3. The number of thiophene rings is 2. The Hall–Kier alpha value is -6.55. The van der Waals surface area contributed by atoms with Crippen LogP contribution in [-0.2, 0) is 6.18 Å². The summed E-state index contributed by atoms with van der Waals surface area (Å²) in [7, 11) is 0. The molecule has 9 heteroatoms. The number of aromatic nitrogens is 2. The molecule has 0 aliphatic heterocycles. The van der Waals surface area contributed by atoms with Crippen molar-refractivity contribution in [3.63, 3.8) is 0 Å². The third-order valence-electron chi connectivity index (χ3n) is 11.4. The van der Waals surface area contributed by atoms with Gasteiger partial charge in [0.2, 0.25) is 0 Å². The molecule has 8 aromatic carbocycles. The van der Waals surface area contributed by atoms with Crippen LogP contribution in [0.25, 0.3) is 106 Å². The molecule has 0 spiro atoms. The van der Waals surface area contributed by atoms with Gasteiger partial charge in [0.1, 0.15) is 17.2 Å². The summed E-state index contributed by atoms with van der Waals surface area (Å²) in [4.78, 5) is 0. The van der Waals surface area contributed by atoms with Crippen LogP contribution in [0.1, 0.15) is 5.56 Å². The van der Waals surface area contributed by atoms with Gasteiger partial charge in [-0.15, -0.1) is 22.7 Å². The van der Waals surface area contributed by atoms with Crippen LogP contribution in [0.4, 0.5) is 22.0 Å². The van der Waals surface area contributed by atoms with Gasteiger partial charge in [-0.3, -0.25) is 0 Å². The van der Waals surface area contributed by atoms with Crippen molar-refractivity contribution >= 4 is 107 Å². The molecule has 0 amide bonds. The van der Waals surface area contributed by atoms with Gasteiger partial charge in [-0.25, -0.2) is 8.78 Å². The van der Waals surface area contributed by atoms with E-state index in [1.165, 1.54) is 17.4 Å². The molecule has 12 rings (SSSR count). The van der Waals surface area contributed by atoms with E-state index in [0.717, 1.165) is 80.1 Å². The second kappa shape index (κ2) is 12.0. The van der Waals surface area contributed by atoms with Gasteiger partial charge >= 0.3 is 6.18 Å². The number of nitrogens with zero attached hydrogens (tertiary/aromatic N) is 2. The second-order valence-corrected chi connectivity index (χ2v) is 16.7. The third-order valence-corrected chi connectivity index (χ3v) is 13.8. The smallest absolute Gasteiger partial charge is 0.307 e. The van der Waals surface area contributed by atoms with Crippen molar-refractivity contribution in [1.82, 2.24) is 9.13 Å². The Labute approximate surface area is 333 Å². The Morgan fingerprint density at radius 2 is 0.897 bits per heavy atom. The molecule has 2 nitrogen and oxygen atoms in total. The number of para-hydroxylation sites is 2. The molecule has 58 heavy (non-hydrogen) atoms. The van der Waals surface area contributed by atoms with Crippen LogP contribution in [0.15, 0.2) is 152 Å². The van der Waals surface area contributed by atoms with Crippen LogP contribution in [0.3, 0.4) is 0 Å². The SMILES string of the molecule is Fc1cc(F)cc(-c2ccc(-n3c4ccccc4c4ccc5c6ccccc6sc5c43)c(C(F)(F)F)c2-n2c3ccccc3c3ccc4c5ccccc5sc4c32)c1. The number of hydrogen-bond acceptors (Lipinski definition) is 2. The molecule has 0 fully saturated rings. The predicted octanol–water partition coefficient (Wildman–Crippen LogP) is 15.6. The average molecular weight is 801 g/mol. The van der Waals surface area contributed by atoms with Crippen molar-refractivity contribution in [2.45, 2.75) is 6.18 Å². The first-order valence-electron chi connectivity index (χ1n) is 18.6. The summed E-state index contributed by atoms with van der Waals surface area (Å²) in [5.74, 6) is -1.77. The quantitative estimate of drug-likeness (QED) is 0.158. The zero-order valence-corrected chi connectivity index (χ0v) is 31.7. The lowest BCUT2D eigenvalue weighted by Crippen LogP contribution is -2.17. The van der Waals surface area contributed by atoms with Gasteiger partial charge in [-0.2, -0.15) is 13.2 Å². The number of rotatable bonds is 3. The molecule has 4 heterocycles. The van der Waals surface area contributed by atoms with Crippen molar-refractivity contribution in [2.75, 3.05) is 0 Å². The highest BCUT2D eigenvalue weighted by atomic mass is 32.1. The summed E-state index contributed by atoms with van der Waals surface area (Å²) in [5.41, 5.74) is 1.22. The maximum Gasteiger partial charge on any atom is 0.420 e. The van der Waals surface area contributed by atoms with E-state index in [-0.39, 0.29) is 22.5 Å². The van der Waals surface area contributed by atoms with Crippen LogP contribution in [0, 0.1) is 11.6 Å². The van der Waals surface area contributed by atoms with Crippen LogP contribution in [-0.4, -0.2) is 9.13 Å². The van der Waals surface area contributed by atoms with E-state index >= 15 is 22.0 Å². The monoisotopic (exact) mass is 800 g/mol. The van der Waals surface area contributed by atoms with E-state index in [1.54, 1.807) is 26.5 Å². The van der Waals surface area contributed by atoms with Crippen molar-refractivity contribution in [2.24, 2.45) is 0 Å². The number of halogens is 5. The molecule has 0 aliphatic rings. The van der Waals surface area contributed by atoms with Crippen LogP contribution < -0.4 is 0 Å². The van der Waals surface area contributed by atoms with Crippen molar-refractivity contribution < 1.29 is 22.0 Å². The number of fused-ring (bicyclic) bond motifs is 14. The molecular formula is C49H25F5N2S2. The summed E-state index contributed by atoms with van der Waals surface area (Å²) >= 11 is 3.07. The Kier molecular flexibility index (Phi) is 6.94.